The number of nitrogens with zero attached hydrogens (tertiary/aromatic N) is 3. The van der Waals surface area contributed by atoms with Crippen LogP contribution in [-0.4, -0.2) is 62.8 Å². The van der Waals surface area contributed by atoms with Gasteiger partial charge in [-0.25, -0.2) is 4.39 Å². The third-order valence-electron chi connectivity index (χ3n) is 6.62. The van der Waals surface area contributed by atoms with Gasteiger partial charge in [-0.15, -0.1) is 0 Å². The van der Waals surface area contributed by atoms with Crippen molar-refractivity contribution in [2.75, 3.05) is 53.0 Å². The summed E-state index contributed by atoms with van der Waals surface area (Å²) >= 11 is 0. The molecule has 0 spiro atoms. The normalized spacial score (nSPS) is 15.7. The van der Waals surface area contributed by atoms with Gasteiger partial charge in [0, 0.05) is 38.8 Å². The fourth-order valence-corrected chi connectivity index (χ4v) is 4.52. The predicted octanol–water partition coefficient (Wildman–Crippen LogP) is 4.98. The minimum Gasteiger partial charge on any atom is -0.493 e. The van der Waals surface area contributed by atoms with Crippen LogP contribution in [0.1, 0.15) is 48.8 Å². The molecular weight excluding hydrogens is 417 g/mol. The molecule has 1 heterocycles. The van der Waals surface area contributed by atoms with Crippen molar-refractivity contribution < 1.29 is 13.9 Å². The van der Waals surface area contributed by atoms with Crippen LogP contribution in [0.3, 0.4) is 0 Å². The first kappa shape index (κ1) is 25.0. The van der Waals surface area contributed by atoms with E-state index in [9.17, 15) is 4.39 Å². The number of hydrogen-bond acceptors (Lipinski definition) is 5. The minimum atomic E-state index is -0.326. The van der Waals surface area contributed by atoms with E-state index in [4.69, 9.17) is 14.7 Å². The second-order valence-electron chi connectivity index (χ2n) is 8.76. The topological polar surface area (TPSA) is 48.7 Å². The molecule has 0 aliphatic carbocycles. The first-order chi connectivity index (χ1) is 16.0. The molecule has 1 atom stereocenters. The van der Waals surface area contributed by atoms with Crippen molar-refractivity contribution in [3.63, 3.8) is 0 Å². The van der Waals surface area contributed by atoms with Crippen LogP contribution < -0.4 is 9.47 Å². The van der Waals surface area contributed by atoms with Crippen molar-refractivity contribution in [1.29, 1.82) is 5.26 Å². The Hall–Kier alpha value is -2.62. The van der Waals surface area contributed by atoms with Crippen LogP contribution in [-0.2, 0) is 0 Å². The molecule has 0 radical (unpaired) electrons. The summed E-state index contributed by atoms with van der Waals surface area (Å²) < 4.78 is 24.3. The Morgan fingerprint density at radius 3 is 2.39 bits per heavy atom. The molecule has 0 N–H and O–H groups in total. The summed E-state index contributed by atoms with van der Waals surface area (Å²) in [7, 11) is 1.52. The zero-order valence-electron chi connectivity index (χ0n) is 20.1. The van der Waals surface area contributed by atoms with E-state index in [0.717, 1.165) is 56.8 Å². The number of aryl methyl sites for hydroxylation is 1. The van der Waals surface area contributed by atoms with E-state index in [2.05, 4.69) is 34.9 Å². The van der Waals surface area contributed by atoms with Gasteiger partial charge in [-0.1, -0.05) is 19.1 Å². The Labute approximate surface area is 197 Å². The van der Waals surface area contributed by atoms with Crippen LogP contribution in [0.15, 0.2) is 36.4 Å². The van der Waals surface area contributed by atoms with Crippen LogP contribution in [0.25, 0.3) is 0 Å². The number of methoxy groups -OCH3 is 1. The van der Waals surface area contributed by atoms with Crippen molar-refractivity contribution in [2.45, 2.75) is 39.0 Å². The van der Waals surface area contributed by atoms with E-state index in [1.807, 2.05) is 13.0 Å². The third-order valence-corrected chi connectivity index (χ3v) is 6.62. The lowest BCUT2D eigenvalue weighted by atomic mass is 9.90. The van der Waals surface area contributed by atoms with Crippen molar-refractivity contribution in [3.8, 4) is 17.6 Å². The highest BCUT2D eigenvalue weighted by Gasteiger charge is 2.18. The van der Waals surface area contributed by atoms with Crippen LogP contribution in [0.4, 0.5) is 4.39 Å². The molecular formula is C27H36FN3O2. The average molecular weight is 454 g/mol. The summed E-state index contributed by atoms with van der Waals surface area (Å²) in [5.74, 6) is 1.24. The fourth-order valence-electron chi connectivity index (χ4n) is 4.52. The van der Waals surface area contributed by atoms with Gasteiger partial charge in [0.15, 0.2) is 11.5 Å². The van der Waals surface area contributed by atoms with Crippen molar-refractivity contribution >= 4 is 0 Å². The van der Waals surface area contributed by atoms with Crippen LogP contribution in [0.2, 0.25) is 0 Å². The molecule has 0 bridgehead atoms. The maximum absolute atomic E-state index is 13.3. The van der Waals surface area contributed by atoms with E-state index in [1.54, 1.807) is 6.07 Å². The largest absolute Gasteiger partial charge is 0.493 e. The molecule has 33 heavy (non-hydrogen) atoms. The molecule has 1 unspecified atom stereocenters. The van der Waals surface area contributed by atoms with Crippen LogP contribution in [0, 0.1) is 24.1 Å². The monoisotopic (exact) mass is 453 g/mol. The van der Waals surface area contributed by atoms with E-state index >= 15 is 0 Å². The molecule has 3 rings (SSSR count). The summed E-state index contributed by atoms with van der Waals surface area (Å²) in [6.45, 7) is 11.0. The van der Waals surface area contributed by atoms with Crippen molar-refractivity contribution in [1.82, 2.24) is 9.80 Å². The second kappa shape index (κ2) is 12.6. The predicted molar refractivity (Wildman–Crippen MR) is 129 cm³/mol. The average Bonchev–Trinajstić information content (AvgIpc) is 2.83. The highest BCUT2D eigenvalue weighted by molar-refractivity contribution is 5.41. The zero-order chi connectivity index (χ0) is 23.6. The standard InChI is InChI=1S/C27H36FN3O2/c1-4-22(23-7-8-24(20-29)21(2)18-23)6-5-11-30-12-14-31(15-13-30)16-17-33-26-10-9-25(28)19-27(26)32-3/h7-10,18-19,22H,4-6,11-17H2,1-3H3. The molecule has 0 aromatic heterocycles. The molecule has 178 valence electrons. The summed E-state index contributed by atoms with van der Waals surface area (Å²) in [4.78, 5) is 4.97. The van der Waals surface area contributed by atoms with Crippen LogP contribution >= 0.6 is 0 Å². The number of hydrogen-bond donors (Lipinski definition) is 0. The Morgan fingerprint density at radius 2 is 1.76 bits per heavy atom. The van der Waals surface area contributed by atoms with Gasteiger partial charge < -0.3 is 14.4 Å². The van der Waals surface area contributed by atoms with E-state index in [-0.39, 0.29) is 5.82 Å². The summed E-state index contributed by atoms with van der Waals surface area (Å²) in [6.07, 6.45) is 3.48. The molecule has 0 amide bonds. The second-order valence-corrected chi connectivity index (χ2v) is 8.76. The molecule has 1 aliphatic rings. The first-order valence-corrected chi connectivity index (χ1v) is 12.0. The lowest BCUT2D eigenvalue weighted by Crippen LogP contribution is -2.47. The number of halogens is 1. The number of piperazine rings is 1. The quantitative estimate of drug-likeness (QED) is 0.480. The van der Waals surface area contributed by atoms with Crippen LogP contribution in [0.5, 0.6) is 11.5 Å². The number of benzene rings is 2. The smallest absolute Gasteiger partial charge is 0.163 e. The number of rotatable bonds is 11. The Balaban J connectivity index is 1.35. The molecule has 5 nitrogen and oxygen atoms in total. The van der Waals surface area contributed by atoms with E-state index in [1.165, 1.54) is 37.6 Å². The first-order valence-electron chi connectivity index (χ1n) is 12.0. The Morgan fingerprint density at radius 1 is 1.03 bits per heavy atom. The molecule has 1 fully saturated rings. The molecule has 2 aromatic carbocycles. The van der Waals surface area contributed by atoms with Gasteiger partial charge in [-0.3, -0.25) is 4.90 Å². The summed E-state index contributed by atoms with van der Waals surface area (Å²) in [5, 5.41) is 9.16. The van der Waals surface area contributed by atoms with Gasteiger partial charge in [0.1, 0.15) is 12.4 Å². The highest BCUT2D eigenvalue weighted by atomic mass is 19.1. The van der Waals surface area contributed by atoms with Gasteiger partial charge in [0.05, 0.1) is 18.7 Å². The van der Waals surface area contributed by atoms with Gasteiger partial charge >= 0.3 is 0 Å². The van der Waals surface area contributed by atoms with Crippen molar-refractivity contribution in [2.24, 2.45) is 0 Å². The van der Waals surface area contributed by atoms with E-state index < -0.39 is 0 Å². The Bertz CT molecular complexity index is 935. The fraction of sp³-hybridized carbons (Fsp3) is 0.519. The molecule has 0 saturated carbocycles. The summed E-state index contributed by atoms with van der Waals surface area (Å²) in [5.41, 5.74) is 3.21. The van der Waals surface area contributed by atoms with Gasteiger partial charge in [-0.05, 0) is 68.0 Å². The zero-order valence-corrected chi connectivity index (χ0v) is 20.1. The molecule has 1 saturated heterocycles. The highest BCUT2D eigenvalue weighted by Crippen LogP contribution is 2.28. The molecule has 2 aromatic rings. The van der Waals surface area contributed by atoms with Gasteiger partial charge in [0.2, 0.25) is 0 Å². The lowest BCUT2D eigenvalue weighted by Gasteiger charge is -2.34. The lowest BCUT2D eigenvalue weighted by molar-refractivity contribution is 0.114. The SMILES string of the molecule is CCC(CCCN1CCN(CCOc2ccc(F)cc2OC)CC1)c1ccc(C#N)c(C)c1. The Kier molecular flexibility index (Phi) is 9.53. The van der Waals surface area contributed by atoms with E-state index in [0.29, 0.717) is 24.0 Å². The molecule has 6 heteroatoms. The number of ether oxygens (including phenoxy) is 2. The minimum absolute atomic E-state index is 0.326. The molecule has 1 aliphatic heterocycles. The maximum atomic E-state index is 13.3. The van der Waals surface area contributed by atoms with Crippen molar-refractivity contribution in [3.05, 3.63) is 58.9 Å². The maximum Gasteiger partial charge on any atom is 0.163 e. The third kappa shape index (κ3) is 7.18. The summed E-state index contributed by atoms with van der Waals surface area (Å²) in [6, 6.07) is 12.9. The van der Waals surface area contributed by atoms with Gasteiger partial charge in [0.25, 0.3) is 0 Å². The number of nitriles is 1. The van der Waals surface area contributed by atoms with Gasteiger partial charge in [-0.2, -0.15) is 5.26 Å².